The van der Waals surface area contributed by atoms with E-state index < -0.39 is 8.07 Å². The van der Waals surface area contributed by atoms with Crippen molar-refractivity contribution < 1.29 is 0 Å². The van der Waals surface area contributed by atoms with E-state index >= 15 is 0 Å². The molecule has 6 rings (SSSR count). The molecule has 4 aromatic rings. The van der Waals surface area contributed by atoms with Crippen LogP contribution in [0.15, 0.2) is 83.9 Å². The van der Waals surface area contributed by atoms with E-state index in [1.54, 1.807) is 32.7 Å². The smallest absolute Gasteiger partial charge is 0.0658 e. The van der Waals surface area contributed by atoms with Gasteiger partial charge in [-0.15, -0.1) is 0 Å². The molecule has 0 unspecified atom stereocenters. The van der Waals surface area contributed by atoms with E-state index in [0.717, 1.165) is 25.7 Å². The summed E-state index contributed by atoms with van der Waals surface area (Å²) in [5.41, 5.74) is 9.56. The molecular formula is C32H32Si. The van der Waals surface area contributed by atoms with E-state index in [1.807, 2.05) is 0 Å². The van der Waals surface area contributed by atoms with Gasteiger partial charge in [-0.25, -0.2) is 0 Å². The van der Waals surface area contributed by atoms with Gasteiger partial charge in [-0.2, -0.15) is 0 Å². The maximum Gasteiger partial charge on any atom is 0.113 e. The minimum absolute atomic E-state index is 1.12. The first-order valence-corrected chi connectivity index (χ1v) is 15.5. The molecule has 0 spiro atoms. The summed E-state index contributed by atoms with van der Waals surface area (Å²) in [6, 6.07) is 27.5. The summed E-state index contributed by atoms with van der Waals surface area (Å²) < 4.78 is 0. The van der Waals surface area contributed by atoms with Crippen molar-refractivity contribution in [1.82, 2.24) is 0 Å². The van der Waals surface area contributed by atoms with Gasteiger partial charge in [0.1, 0.15) is 8.07 Å². The minimum Gasteiger partial charge on any atom is -0.0658 e. The van der Waals surface area contributed by atoms with Crippen LogP contribution in [-0.2, 0) is 12.8 Å². The Morgan fingerprint density at radius 3 is 1.42 bits per heavy atom. The fourth-order valence-corrected chi connectivity index (χ4v) is 11.1. The van der Waals surface area contributed by atoms with Crippen LogP contribution in [0.1, 0.15) is 48.9 Å². The number of rotatable bonds is 4. The number of hydrogen-bond acceptors (Lipinski definition) is 0. The summed E-state index contributed by atoms with van der Waals surface area (Å²) in [6.07, 6.45) is 4.54. The average molecular weight is 445 g/mol. The van der Waals surface area contributed by atoms with Crippen molar-refractivity contribution in [2.45, 2.75) is 52.6 Å². The summed E-state index contributed by atoms with van der Waals surface area (Å²) in [6.45, 7) is 10.00. The summed E-state index contributed by atoms with van der Waals surface area (Å²) in [5.74, 6) is 0. The Balaban J connectivity index is 1.65. The SMILES string of the molecule is CCC1=C([Si](C)(C)C2=C(CC)Cc3ccc4ccccc4c32)c2c(ccc3ccccc23)C1. The Morgan fingerprint density at radius 1 is 0.576 bits per heavy atom. The molecule has 0 saturated carbocycles. The zero-order chi connectivity index (χ0) is 22.7. The van der Waals surface area contributed by atoms with E-state index in [2.05, 4.69) is 99.7 Å². The first-order chi connectivity index (χ1) is 16.0. The molecule has 0 amide bonds. The first-order valence-electron chi connectivity index (χ1n) is 12.5. The van der Waals surface area contributed by atoms with Gasteiger partial charge in [-0.1, -0.05) is 111 Å². The van der Waals surface area contributed by atoms with Crippen LogP contribution >= 0.6 is 0 Å². The number of allylic oxidation sites excluding steroid dienone is 2. The van der Waals surface area contributed by atoms with Crippen LogP contribution in [0, 0.1) is 0 Å². The van der Waals surface area contributed by atoms with Crippen molar-refractivity contribution in [2.75, 3.05) is 0 Å². The summed E-state index contributed by atoms with van der Waals surface area (Å²) >= 11 is 0. The van der Waals surface area contributed by atoms with Crippen LogP contribution in [-0.4, -0.2) is 8.07 Å². The standard InChI is InChI=1S/C32H32Si/c1-5-21-19-25-17-15-23-11-7-9-13-27(23)29(25)31(21)33(3,4)32-22(6-2)20-26-18-16-24-12-8-10-14-28(24)30(26)32/h7-18H,5-6,19-20H2,1-4H3. The van der Waals surface area contributed by atoms with Gasteiger partial charge in [0.15, 0.2) is 0 Å². The van der Waals surface area contributed by atoms with E-state index in [0.29, 0.717) is 0 Å². The Hall–Kier alpha value is -2.90. The monoisotopic (exact) mass is 444 g/mol. The molecule has 0 aliphatic heterocycles. The fourth-order valence-electron chi connectivity index (χ4n) is 6.75. The second-order valence-corrected chi connectivity index (χ2v) is 14.5. The van der Waals surface area contributed by atoms with Crippen LogP contribution in [0.3, 0.4) is 0 Å². The molecule has 0 nitrogen and oxygen atoms in total. The molecule has 0 saturated heterocycles. The van der Waals surface area contributed by atoms with Crippen molar-refractivity contribution in [3.63, 3.8) is 0 Å². The highest BCUT2D eigenvalue weighted by atomic mass is 28.3. The van der Waals surface area contributed by atoms with Crippen LogP contribution in [0.2, 0.25) is 13.1 Å². The highest BCUT2D eigenvalue weighted by Gasteiger charge is 2.42. The third-order valence-corrected chi connectivity index (χ3v) is 11.9. The van der Waals surface area contributed by atoms with Crippen LogP contribution < -0.4 is 0 Å². The van der Waals surface area contributed by atoms with Gasteiger partial charge in [-0.05, 0) is 79.9 Å². The van der Waals surface area contributed by atoms with E-state index in [1.165, 1.54) is 32.7 Å². The zero-order valence-corrected chi connectivity index (χ0v) is 21.3. The molecule has 0 bridgehead atoms. The maximum atomic E-state index is 2.64. The quantitative estimate of drug-likeness (QED) is 0.276. The summed E-state index contributed by atoms with van der Waals surface area (Å²) in [5, 5.41) is 9.08. The van der Waals surface area contributed by atoms with Crippen molar-refractivity contribution in [2.24, 2.45) is 0 Å². The number of hydrogen-bond donors (Lipinski definition) is 0. The molecule has 33 heavy (non-hydrogen) atoms. The molecule has 0 N–H and O–H groups in total. The van der Waals surface area contributed by atoms with Crippen molar-refractivity contribution >= 4 is 40.0 Å². The molecule has 0 atom stereocenters. The van der Waals surface area contributed by atoms with Crippen LogP contribution in [0.25, 0.3) is 31.9 Å². The maximum absolute atomic E-state index is 2.64. The Kier molecular flexibility index (Phi) is 4.74. The normalized spacial score (nSPS) is 15.6. The summed E-state index contributed by atoms with van der Waals surface area (Å²) in [7, 11) is -1.98. The van der Waals surface area contributed by atoms with Crippen LogP contribution in [0.4, 0.5) is 0 Å². The number of fused-ring (bicyclic) bond motifs is 6. The van der Waals surface area contributed by atoms with Crippen molar-refractivity contribution in [3.05, 3.63) is 106 Å². The van der Waals surface area contributed by atoms with Crippen molar-refractivity contribution in [1.29, 1.82) is 0 Å². The molecule has 4 aromatic carbocycles. The van der Waals surface area contributed by atoms with E-state index in [-0.39, 0.29) is 0 Å². The number of benzene rings is 4. The molecule has 0 aromatic heterocycles. The minimum atomic E-state index is -1.98. The molecule has 0 radical (unpaired) electrons. The lowest BCUT2D eigenvalue weighted by Crippen LogP contribution is -2.31. The van der Waals surface area contributed by atoms with Crippen molar-refractivity contribution in [3.8, 4) is 0 Å². The van der Waals surface area contributed by atoms with Gasteiger partial charge in [0.2, 0.25) is 0 Å². The zero-order valence-electron chi connectivity index (χ0n) is 20.3. The lowest BCUT2D eigenvalue weighted by atomic mass is 10.0. The van der Waals surface area contributed by atoms with Gasteiger partial charge in [0, 0.05) is 0 Å². The largest absolute Gasteiger partial charge is 0.113 e. The topological polar surface area (TPSA) is 0 Å². The molecule has 164 valence electrons. The molecule has 2 aliphatic carbocycles. The fraction of sp³-hybridized carbons (Fsp3) is 0.250. The first kappa shape index (κ1) is 20.7. The molecule has 1 heteroatoms. The molecule has 2 aliphatic rings. The average Bonchev–Trinajstić information content (AvgIpc) is 3.43. The predicted molar refractivity (Wildman–Crippen MR) is 147 cm³/mol. The lowest BCUT2D eigenvalue weighted by molar-refractivity contribution is 1.03. The second kappa shape index (κ2) is 7.57. The van der Waals surface area contributed by atoms with Gasteiger partial charge >= 0.3 is 0 Å². The second-order valence-electron chi connectivity index (χ2n) is 10.3. The van der Waals surface area contributed by atoms with Crippen LogP contribution in [0.5, 0.6) is 0 Å². The lowest BCUT2D eigenvalue weighted by Gasteiger charge is -2.32. The van der Waals surface area contributed by atoms with Gasteiger partial charge < -0.3 is 0 Å². The Morgan fingerprint density at radius 2 is 1.00 bits per heavy atom. The highest BCUT2D eigenvalue weighted by molar-refractivity contribution is 7.09. The molecule has 0 fully saturated rings. The predicted octanol–water partition coefficient (Wildman–Crippen LogP) is 8.92. The summed E-state index contributed by atoms with van der Waals surface area (Å²) in [4.78, 5) is 0. The van der Waals surface area contributed by atoms with Gasteiger partial charge in [-0.3, -0.25) is 0 Å². The Labute approximate surface area is 198 Å². The Bertz CT molecular complexity index is 1380. The molecule has 0 heterocycles. The van der Waals surface area contributed by atoms with E-state index in [9.17, 15) is 0 Å². The van der Waals surface area contributed by atoms with E-state index in [4.69, 9.17) is 0 Å². The van der Waals surface area contributed by atoms with Gasteiger partial charge in [0.05, 0.1) is 0 Å². The highest BCUT2D eigenvalue weighted by Crippen LogP contribution is 2.52. The van der Waals surface area contributed by atoms with Gasteiger partial charge in [0.25, 0.3) is 0 Å². The third kappa shape index (κ3) is 2.95. The third-order valence-electron chi connectivity index (χ3n) is 8.15. The molecular weight excluding hydrogens is 412 g/mol.